The molecule has 0 radical (unpaired) electrons. The molecule has 0 unspecified atom stereocenters. The van der Waals surface area contributed by atoms with Crippen molar-refractivity contribution in [2.45, 2.75) is 13.8 Å². The van der Waals surface area contributed by atoms with Gasteiger partial charge in [-0.1, -0.05) is 19.6 Å². The molecule has 4 rings (SSSR count). The Morgan fingerprint density at radius 1 is 1.15 bits per heavy atom. The van der Waals surface area contributed by atoms with Crippen LogP contribution in [0.5, 0.6) is 0 Å². The summed E-state index contributed by atoms with van der Waals surface area (Å²) in [6, 6.07) is 9.29. The number of amides is 1. The molecule has 12 heteroatoms. The molecule has 9 nitrogen and oxygen atoms in total. The van der Waals surface area contributed by atoms with E-state index >= 15 is 0 Å². The average Bonchev–Trinajstić information content (AvgIpc) is 3.01. The smallest absolute Gasteiger partial charge is 0.325 e. The van der Waals surface area contributed by atoms with Gasteiger partial charge < -0.3 is 15.1 Å². The third-order valence-electron chi connectivity index (χ3n) is 4.99. The number of halogens is 2. The molecule has 2 aliphatic rings. The lowest BCUT2D eigenvalue weighted by Crippen LogP contribution is -2.41. The van der Waals surface area contributed by atoms with Gasteiger partial charge in [0.1, 0.15) is 23.0 Å². The second-order valence-corrected chi connectivity index (χ2v) is 8.08. The summed E-state index contributed by atoms with van der Waals surface area (Å²) >= 11 is 0. The van der Waals surface area contributed by atoms with Crippen LogP contribution in [0.1, 0.15) is 13.8 Å². The SMILES string of the molecule is C.O=C1CCN2C(=C1C(=O)Nc1ccccc1F)N(CCOS(=O)(=O)O)c1cc(F)ccc12. The molecule has 2 N–H and O–H groups in total. The lowest BCUT2D eigenvalue weighted by Gasteiger charge is -2.30. The van der Waals surface area contributed by atoms with E-state index in [1.54, 1.807) is 4.90 Å². The highest BCUT2D eigenvalue weighted by Gasteiger charge is 2.41. The van der Waals surface area contributed by atoms with Gasteiger partial charge in [0.15, 0.2) is 5.78 Å². The fraction of sp³-hybridized carbons (Fsp3) is 0.238. The van der Waals surface area contributed by atoms with E-state index in [0.29, 0.717) is 5.69 Å². The number of anilines is 3. The van der Waals surface area contributed by atoms with Crippen molar-refractivity contribution in [3.63, 3.8) is 0 Å². The summed E-state index contributed by atoms with van der Waals surface area (Å²) in [6.45, 7) is -0.576. The summed E-state index contributed by atoms with van der Waals surface area (Å²) in [6.07, 6.45) is -0.0182. The van der Waals surface area contributed by atoms with Crippen LogP contribution in [0, 0.1) is 11.6 Å². The maximum absolute atomic E-state index is 14.0. The third-order valence-corrected chi connectivity index (χ3v) is 5.46. The summed E-state index contributed by atoms with van der Waals surface area (Å²) in [4.78, 5) is 28.7. The Balaban J connectivity index is 0.00000306. The van der Waals surface area contributed by atoms with Gasteiger partial charge in [0.25, 0.3) is 5.91 Å². The number of Topliss-reactive ketones (excluding diaryl/α,β-unsaturated/α-hetero) is 1. The van der Waals surface area contributed by atoms with Crippen LogP contribution in [0.2, 0.25) is 0 Å². The highest BCUT2D eigenvalue weighted by Crippen LogP contribution is 2.45. The Labute approximate surface area is 189 Å². The molecule has 2 aliphatic heterocycles. The Morgan fingerprint density at radius 3 is 2.58 bits per heavy atom. The van der Waals surface area contributed by atoms with E-state index in [1.807, 2.05) is 0 Å². The van der Waals surface area contributed by atoms with E-state index in [2.05, 4.69) is 9.50 Å². The summed E-state index contributed by atoms with van der Waals surface area (Å²) in [7, 11) is -4.74. The zero-order valence-corrected chi connectivity index (χ0v) is 17.2. The summed E-state index contributed by atoms with van der Waals surface area (Å²) < 4.78 is 63.0. The third kappa shape index (κ3) is 4.87. The molecule has 2 heterocycles. The number of para-hydroxylation sites is 1. The number of fused-ring (bicyclic) bond motifs is 3. The molecule has 0 aromatic heterocycles. The molecule has 2 aromatic carbocycles. The molecular formula is C21H21F2N3O6S. The first kappa shape index (κ1) is 24.3. The van der Waals surface area contributed by atoms with E-state index in [9.17, 15) is 26.8 Å². The quantitative estimate of drug-likeness (QED) is 0.478. The first-order chi connectivity index (χ1) is 15.2. The predicted molar refractivity (Wildman–Crippen MR) is 117 cm³/mol. The van der Waals surface area contributed by atoms with Crippen LogP contribution in [0.4, 0.5) is 25.8 Å². The van der Waals surface area contributed by atoms with E-state index in [4.69, 9.17) is 4.55 Å². The van der Waals surface area contributed by atoms with Crippen LogP contribution >= 0.6 is 0 Å². The highest BCUT2D eigenvalue weighted by atomic mass is 32.3. The first-order valence-corrected chi connectivity index (χ1v) is 10.8. The standard InChI is InChI=1S/C20H17F2N3O6S.CH4/c21-12-5-6-15-16(11-12)25(9-10-31-32(28,29)30)20-18(17(26)7-8-24(15)20)19(27)23-14-4-2-1-3-13(14)22;/h1-6,11H,7-10H2,(H,23,27)(H,28,29,30);1H4. The molecule has 1 amide bonds. The first-order valence-electron chi connectivity index (χ1n) is 9.45. The zero-order valence-electron chi connectivity index (χ0n) is 16.4. The maximum atomic E-state index is 14.0. The molecule has 0 saturated carbocycles. The van der Waals surface area contributed by atoms with Crippen molar-refractivity contribution in [3.05, 3.63) is 65.5 Å². The second-order valence-electron chi connectivity index (χ2n) is 6.99. The van der Waals surface area contributed by atoms with E-state index in [-0.39, 0.29) is 49.7 Å². The number of nitrogens with zero attached hydrogens (tertiary/aromatic N) is 2. The summed E-state index contributed by atoms with van der Waals surface area (Å²) in [5, 5.41) is 2.37. The number of ketones is 1. The zero-order chi connectivity index (χ0) is 23.0. The maximum Gasteiger partial charge on any atom is 0.397 e. The summed E-state index contributed by atoms with van der Waals surface area (Å²) in [5.74, 6) is -2.57. The van der Waals surface area contributed by atoms with Gasteiger partial charge >= 0.3 is 10.4 Å². The monoisotopic (exact) mass is 481 g/mol. The van der Waals surface area contributed by atoms with Crippen LogP contribution in [0.25, 0.3) is 0 Å². The Hall–Kier alpha value is -3.35. The molecule has 33 heavy (non-hydrogen) atoms. The van der Waals surface area contributed by atoms with Crippen molar-refractivity contribution in [1.29, 1.82) is 0 Å². The lowest BCUT2D eigenvalue weighted by molar-refractivity contribution is -0.120. The molecule has 176 valence electrons. The van der Waals surface area contributed by atoms with Crippen molar-refractivity contribution >= 4 is 39.2 Å². The van der Waals surface area contributed by atoms with Crippen molar-refractivity contribution < 1.29 is 35.5 Å². The van der Waals surface area contributed by atoms with Crippen LogP contribution in [-0.2, 0) is 24.2 Å². The fourth-order valence-electron chi connectivity index (χ4n) is 3.71. The van der Waals surface area contributed by atoms with Crippen LogP contribution in [0.15, 0.2) is 53.9 Å². The number of rotatable bonds is 6. The van der Waals surface area contributed by atoms with Gasteiger partial charge in [-0.05, 0) is 30.3 Å². The molecule has 0 aliphatic carbocycles. The van der Waals surface area contributed by atoms with Gasteiger partial charge in [0.05, 0.1) is 23.7 Å². The Kier molecular flexibility index (Phi) is 6.81. The second kappa shape index (κ2) is 9.25. The van der Waals surface area contributed by atoms with Gasteiger partial charge in [0, 0.05) is 19.5 Å². The van der Waals surface area contributed by atoms with Crippen molar-refractivity contribution in [1.82, 2.24) is 0 Å². The van der Waals surface area contributed by atoms with E-state index in [0.717, 1.165) is 6.07 Å². The molecule has 0 saturated heterocycles. The minimum Gasteiger partial charge on any atom is -0.325 e. The molecular weight excluding hydrogens is 460 g/mol. The van der Waals surface area contributed by atoms with E-state index in [1.165, 1.54) is 41.3 Å². The topological polar surface area (TPSA) is 116 Å². The van der Waals surface area contributed by atoms with Gasteiger partial charge in [-0.2, -0.15) is 8.42 Å². The van der Waals surface area contributed by atoms with Gasteiger partial charge in [-0.15, -0.1) is 0 Å². The Morgan fingerprint density at radius 2 is 1.88 bits per heavy atom. The van der Waals surface area contributed by atoms with Crippen LogP contribution in [-0.4, -0.2) is 44.4 Å². The largest absolute Gasteiger partial charge is 0.397 e. The van der Waals surface area contributed by atoms with Crippen LogP contribution < -0.4 is 15.1 Å². The van der Waals surface area contributed by atoms with Gasteiger partial charge in [-0.25, -0.2) is 13.0 Å². The fourth-order valence-corrected chi connectivity index (χ4v) is 4.00. The highest BCUT2D eigenvalue weighted by molar-refractivity contribution is 7.80. The number of carbonyl (C=O) groups is 2. The lowest BCUT2D eigenvalue weighted by atomic mass is 10.0. The van der Waals surface area contributed by atoms with Gasteiger partial charge in [-0.3, -0.25) is 14.1 Å². The van der Waals surface area contributed by atoms with Crippen molar-refractivity contribution in [2.75, 3.05) is 34.8 Å². The minimum atomic E-state index is -4.74. The molecule has 0 bridgehead atoms. The average molecular weight is 481 g/mol. The number of nitrogens with one attached hydrogen (secondary N) is 1. The van der Waals surface area contributed by atoms with Crippen molar-refractivity contribution in [3.8, 4) is 0 Å². The number of benzene rings is 2. The molecule has 0 atom stereocenters. The molecule has 2 aromatic rings. The minimum absolute atomic E-state index is 0. The molecule has 0 spiro atoms. The van der Waals surface area contributed by atoms with Crippen molar-refractivity contribution in [2.24, 2.45) is 0 Å². The van der Waals surface area contributed by atoms with Gasteiger partial charge in [0.2, 0.25) is 0 Å². The molecule has 0 fully saturated rings. The Bertz CT molecular complexity index is 1250. The summed E-state index contributed by atoms with van der Waals surface area (Å²) in [5.41, 5.74) is 0.364. The number of hydrogen-bond donors (Lipinski definition) is 2. The van der Waals surface area contributed by atoms with E-state index < -0.39 is 40.3 Å². The predicted octanol–water partition coefficient (Wildman–Crippen LogP) is 2.87. The van der Waals surface area contributed by atoms with Crippen LogP contribution in [0.3, 0.4) is 0 Å². The number of carbonyl (C=O) groups excluding carboxylic acids is 2. The number of hydrogen-bond acceptors (Lipinski definition) is 7. The normalized spacial score (nSPS) is 15.2.